The molecule has 4 heteroatoms. The Morgan fingerprint density at radius 2 is 2.05 bits per heavy atom. The van der Waals surface area contributed by atoms with E-state index in [1.165, 1.54) is 6.26 Å². The lowest BCUT2D eigenvalue weighted by molar-refractivity contribution is 0.0888. The molecule has 19 heavy (non-hydrogen) atoms. The van der Waals surface area contributed by atoms with Crippen molar-refractivity contribution in [3.63, 3.8) is 0 Å². The van der Waals surface area contributed by atoms with Gasteiger partial charge >= 0.3 is 0 Å². The average molecular weight is 259 g/mol. The van der Waals surface area contributed by atoms with Gasteiger partial charge in [0.15, 0.2) is 5.76 Å². The van der Waals surface area contributed by atoms with Crippen LogP contribution in [0.2, 0.25) is 0 Å². The zero-order chi connectivity index (χ0) is 13.7. The lowest BCUT2D eigenvalue weighted by Gasteiger charge is -2.13. The van der Waals surface area contributed by atoms with Crippen molar-refractivity contribution in [3.8, 4) is 11.1 Å². The minimum Gasteiger partial charge on any atom is -0.459 e. The zero-order valence-corrected chi connectivity index (χ0v) is 10.8. The van der Waals surface area contributed by atoms with Gasteiger partial charge < -0.3 is 14.8 Å². The third-order valence-electron chi connectivity index (χ3n) is 3.00. The van der Waals surface area contributed by atoms with Crippen molar-refractivity contribution < 1.29 is 14.3 Å². The van der Waals surface area contributed by atoms with Crippen molar-refractivity contribution in [2.45, 2.75) is 19.4 Å². The Morgan fingerprint density at radius 3 is 2.68 bits per heavy atom. The van der Waals surface area contributed by atoms with Crippen LogP contribution < -0.4 is 5.32 Å². The van der Waals surface area contributed by atoms with E-state index in [-0.39, 0.29) is 24.3 Å². The molecule has 2 rings (SSSR count). The Labute approximate surface area is 112 Å². The summed E-state index contributed by atoms with van der Waals surface area (Å²) in [7, 11) is 0. The summed E-state index contributed by atoms with van der Waals surface area (Å²) in [5.74, 6) is -0.0251. The largest absolute Gasteiger partial charge is 0.459 e. The normalized spacial score (nSPS) is 12.1. The molecule has 1 unspecified atom stereocenters. The second kappa shape index (κ2) is 6.20. The molecule has 2 N–H and O–H groups in total. The van der Waals surface area contributed by atoms with E-state index < -0.39 is 0 Å². The Hall–Kier alpha value is -2.07. The van der Waals surface area contributed by atoms with Crippen molar-refractivity contribution in [1.29, 1.82) is 0 Å². The van der Waals surface area contributed by atoms with E-state index in [1.54, 1.807) is 6.07 Å². The summed E-state index contributed by atoms with van der Waals surface area (Å²) in [6.07, 6.45) is 2.17. The number of benzene rings is 1. The third-order valence-corrected chi connectivity index (χ3v) is 3.00. The van der Waals surface area contributed by atoms with Crippen LogP contribution in [0.5, 0.6) is 0 Å². The van der Waals surface area contributed by atoms with Gasteiger partial charge in [0, 0.05) is 5.56 Å². The predicted octanol–water partition coefficient (Wildman–Crippen LogP) is 2.45. The molecule has 0 spiro atoms. The Kier molecular flexibility index (Phi) is 4.36. The molecule has 1 amide bonds. The molecule has 1 atom stereocenters. The van der Waals surface area contributed by atoms with Crippen molar-refractivity contribution in [3.05, 3.63) is 48.4 Å². The monoisotopic (exact) mass is 259 g/mol. The quantitative estimate of drug-likeness (QED) is 0.867. The van der Waals surface area contributed by atoms with Crippen LogP contribution in [-0.2, 0) is 0 Å². The van der Waals surface area contributed by atoms with Crippen molar-refractivity contribution >= 4 is 5.91 Å². The number of nitrogens with one attached hydrogen (secondary N) is 1. The maximum atomic E-state index is 12.1. The molecule has 0 radical (unpaired) electrons. The third kappa shape index (κ3) is 3.03. The number of carbonyl (C=O) groups excluding carboxylic acids is 1. The van der Waals surface area contributed by atoms with Gasteiger partial charge in [-0.1, -0.05) is 37.3 Å². The molecule has 1 aromatic carbocycles. The summed E-state index contributed by atoms with van der Waals surface area (Å²) < 4.78 is 5.28. The van der Waals surface area contributed by atoms with E-state index in [1.807, 2.05) is 37.3 Å². The lowest BCUT2D eigenvalue weighted by Crippen LogP contribution is -2.36. The maximum Gasteiger partial charge on any atom is 0.287 e. The molecule has 4 nitrogen and oxygen atoms in total. The summed E-state index contributed by atoms with van der Waals surface area (Å²) in [4.78, 5) is 12.1. The predicted molar refractivity (Wildman–Crippen MR) is 72.8 cm³/mol. The molecule has 0 saturated carbocycles. The molecule has 0 fully saturated rings. The second-order valence-electron chi connectivity index (χ2n) is 4.29. The fourth-order valence-corrected chi connectivity index (χ4v) is 1.86. The van der Waals surface area contributed by atoms with E-state index in [0.29, 0.717) is 6.42 Å². The molecule has 1 aromatic heterocycles. The van der Waals surface area contributed by atoms with Gasteiger partial charge in [-0.15, -0.1) is 0 Å². The molecule has 100 valence electrons. The van der Waals surface area contributed by atoms with Crippen LogP contribution in [0.3, 0.4) is 0 Å². The molecule has 1 heterocycles. The van der Waals surface area contributed by atoms with Gasteiger partial charge in [-0.05, 0) is 18.1 Å². The minimum atomic E-state index is -0.301. The first kappa shape index (κ1) is 13.4. The average Bonchev–Trinajstić information content (AvgIpc) is 2.95. The van der Waals surface area contributed by atoms with Crippen LogP contribution in [0.15, 0.2) is 47.1 Å². The van der Waals surface area contributed by atoms with Gasteiger partial charge in [0.25, 0.3) is 5.91 Å². The van der Waals surface area contributed by atoms with Crippen LogP contribution in [0.4, 0.5) is 0 Å². The van der Waals surface area contributed by atoms with Crippen LogP contribution >= 0.6 is 0 Å². The zero-order valence-electron chi connectivity index (χ0n) is 10.8. The highest BCUT2D eigenvalue weighted by molar-refractivity contribution is 5.98. The molecular formula is C15H17NO3. The highest BCUT2D eigenvalue weighted by atomic mass is 16.3. The smallest absolute Gasteiger partial charge is 0.287 e. The minimum absolute atomic E-state index is 0.0797. The number of aliphatic hydroxyl groups is 1. The topological polar surface area (TPSA) is 62.5 Å². The van der Waals surface area contributed by atoms with Crippen LogP contribution in [0.25, 0.3) is 11.1 Å². The first-order chi connectivity index (χ1) is 9.26. The molecular weight excluding hydrogens is 242 g/mol. The fourth-order valence-electron chi connectivity index (χ4n) is 1.86. The molecule has 2 aromatic rings. The van der Waals surface area contributed by atoms with E-state index in [0.717, 1.165) is 11.1 Å². The van der Waals surface area contributed by atoms with Gasteiger partial charge in [-0.25, -0.2) is 0 Å². The van der Waals surface area contributed by atoms with Crippen LogP contribution in [0, 0.1) is 0 Å². The Bertz CT molecular complexity index is 529. The molecule has 0 aliphatic rings. The fraction of sp³-hybridized carbons (Fsp3) is 0.267. The number of carbonyl (C=O) groups is 1. The second-order valence-corrected chi connectivity index (χ2v) is 4.29. The highest BCUT2D eigenvalue weighted by Gasteiger charge is 2.18. The summed E-state index contributed by atoms with van der Waals surface area (Å²) in [6.45, 7) is 1.82. The van der Waals surface area contributed by atoms with Crippen molar-refractivity contribution in [2.75, 3.05) is 6.61 Å². The number of hydrogen-bond acceptors (Lipinski definition) is 3. The van der Waals surface area contributed by atoms with E-state index >= 15 is 0 Å². The number of amides is 1. The molecule has 0 bridgehead atoms. The van der Waals surface area contributed by atoms with Gasteiger partial charge in [-0.2, -0.15) is 0 Å². The summed E-state index contributed by atoms with van der Waals surface area (Å²) in [6, 6.07) is 11.1. The first-order valence-electron chi connectivity index (χ1n) is 6.31. The maximum absolute atomic E-state index is 12.1. The summed E-state index contributed by atoms with van der Waals surface area (Å²) in [5.41, 5.74) is 1.68. The number of rotatable bonds is 5. The number of hydrogen-bond donors (Lipinski definition) is 2. The highest BCUT2D eigenvalue weighted by Crippen LogP contribution is 2.24. The lowest BCUT2D eigenvalue weighted by atomic mass is 10.1. The molecule has 0 saturated heterocycles. The van der Waals surface area contributed by atoms with Gasteiger partial charge in [-0.3, -0.25) is 4.79 Å². The number of furan rings is 1. The van der Waals surface area contributed by atoms with Crippen molar-refractivity contribution in [2.24, 2.45) is 0 Å². The summed E-state index contributed by atoms with van der Waals surface area (Å²) in [5, 5.41) is 11.9. The van der Waals surface area contributed by atoms with E-state index in [4.69, 9.17) is 9.52 Å². The first-order valence-corrected chi connectivity index (χ1v) is 6.31. The van der Waals surface area contributed by atoms with Gasteiger partial charge in [0.1, 0.15) is 0 Å². The van der Waals surface area contributed by atoms with Gasteiger partial charge in [0.2, 0.25) is 0 Å². The molecule has 0 aliphatic heterocycles. The SMILES string of the molecule is CCC(CO)NC(=O)c1occc1-c1ccccc1. The van der Waals surface area contributed by atoms with Crippen LogP contribution in [0.1, 0.15) is 23.9 Å². The van der Waals surface area contributed by atoms with Gasteiger partial charge in [0.05, 0.1) is 18.9 Å². The van der Waals surface area contributed by atoms with Crippen molar-refractivity contribution in [1.82, 2.24) is 5.32 Å². The Balaban J connectivity index is 2.23. The van der Waals surface area contributed by atoms with E-state index in [9.17, 15) is 4.79 Å². The Morgan fingerprint density at radius 1 is 1.32 bits per heavy atom. The standard InChI is InChI=1S/C15H17NO3/c1-2-12(10-17)16-15(18)14-13(8-9-19-14)11-6-4-3-5-7-11/h3-9,12,17H,2,10H2,1H3,(H,16,18). The van der Waals surface area contributed by atoms with Crippen LogP contribution in [-0.4, -0.2) is 23.7 Å². The summed E-state index contributed by atoms with van der Waals surface area (Å²) >= 11 is 0. The van der Waals surface area contributed by atoms with E-state index in [2.05, 4.69) is 5.32 Å². The molecule has 0 aliphatic carbocycles. The number of aliphatic hydroxyl groups excluding tert-OH is 1.